The molecule has 0 spiro atoms. The molecule has 0 atom stereocenters. The van der Waals surface area contributed by atoms with Gasteiger partial charge in [-0.2, -0.15) is 0 Å². The van der Waals surface area contributed by atoms with Crippen molar-refractivity contribution in [3.63, 3.8) is 0 Å². The van der Waals surface area contributed by atoms with E-state index in [1.807, 2.05) is 77.9 Å². The minimum Gasteiger partial charge on any atom is -0.505 e. The van der Waals surface area contributed by atoms with Gasteiger partial charge in [0.15, 0.2) is 22.9 Å². The van der Waals surface area contributed by atoms with Crippen LogP contribution >= 0.6 is 0 Å². The Balaban J connectivity index is 0.000000188. The van der Waals surface area contributed by atoms with Gasteiger partial charge < -0.3 is 20.8 Å². The Morgan fingerprint density at radius 1 is 0.500 bits per heavy atom. The summed E-state index contributed by atoms with van der Waals surface area (Å²) in [5, 5.41) is 37.9. The van der Waals surface area contributed by atoms with Crippen LogP contribution in [0.2, 0.25) is 0 Å². The predicted molar refractivity (Wildman–Crippen MR) is 193 cm³/mol. The van der Waals surface area contributed by atoms with Gasteiger partial charge in [0.25, 0.3) is 0 Å². The van der Waals surface area contributed by atoms with Crippen molar-refractivity contribution in [2.75, 3.05) is 10.6 Å². The van der Waals surface area contributed by atoms with E-state index < -0.39 is 10.8 Å². The molecule has 0 bridgehead atoms. The molecule has 0 heterocycles. The summed E-state index contributed by atoms with van der Waals surface area (Å²) in [4.78, 5) is 46.8. The molecule has 244 valence electrons. The van der Waals surface area contributed by atoms with E-state index in [0.717, 1.165) is 21.5 Å². The second-order valence-corrected chi connectivity index (χ2v) is 13.6. The molecular formula is C38H36N4O6. The van der Waals surface area contributed by atoms with Crippen molar-refractivity contribution in [1.29, 1.82) is 0 Å². The summed E-state index contributed by atoms with van der Waals surface area (Å²) in [6, 6.07) is 25.1. The van der Waals surface area contributed by atoms with Gasteiger partial charge in [-0.05, 0) is 56.2 Å². The van der Waals surface area contributed by atoms with Gasteiger partial charge in [-0.15, -0.1) is 9.81 Å². The standard InChI is InChI=1S/2C19H18N2O3/c1-19(2,3)18(23)20-11-8-9-13-12-6-4-5-7-14(12)17(22)16(21-24)15(13)10-11;1-19(2,3)18(23)20-11-8-9-13-12-6-4-5-7-14(12)16(21-24)17(22)15(13)10-11/h2*4-10,22H,1-3H3,(H,20,23). The highest BCUT2D eigenvalue weighted by Gasteiger charge is 2.23. The number of hydrogen-bond donors (Lipinski definition) is 4. The number of aromatic hydroxyl groups is 2. The molecule has 6 rings (SSSR count). The molecule has 0 saturated carbocycles. The Labute approximate surface area is 276 Å². The summed E-state index contributed by atoms with van der Waals surface area (Å²) in [7, 11) is 0. The monoisotopic (exact) mass is 644 g/mol. The van der Waals surface area contributed by atoms with E-state index >= 15 is 0 Å². The van der Waals surface area contributed by atoms with Crippen LogP contribution in [0.3, 0.4) is 0 Å². The lowest BCUT2D eigenvalue weighted by Gasteiger charge is -2.18. The van der Waals surface area contributed by atoms with Crippen molar-refractivity contribution in [2.45, 2.75) is 41.5 Å². The highest BCUT2D eigenvalue weighted by atomic mass is 16.3. The number of carbonyl (C=O) groups excluding carboxylic acids is 2. The second-order valence-electron chi connectivity index (χ2n) is 13.6. The number of hydrogen-bond acceptors (Lipinski definition) is 8. The highest BCUT2D eigenvalue weighted by molar-refractivity contribution is 6.18. The van der Waals surface area contributed by atoms with Gasteiger partial charge in [0.2, 0.25) is 11.8 Å². The maximum atomic E-state index is 12.2. The van der Waals surface area contributed by atoms with Crippen LogP contribution in [-0.2, 0) is 9.59 Å². The summed E-state index contributed by atoms with van der Waals surface area (Å²) >= 11 is 0. The quantitative estimate of drug-likeness (QED) is 0.110. The minimum atomic E-state index is -0.535. The van der Waals surface area contributed by atoms with E-state index in [-0.39, 0.29) is 34.7 Å². The molecular weight excluding hydrogens is 608 g/mol. The molecule has 0 radical (unpaired) electrons. The number of nitrogens with one attached hydrogen (secondary N) is 2. The number of fused-ring (bicyclic) bond motifs is 6. The molecule has 10 nitrogen and oxygen atoms in total. The fourth-order valence-corrected chi connectivity index (χ4v) is 5.29. The van der Waals surface area contributed by atoms with Crippen LogP contribution in [0.4, 0.5) is 22.7 Å². The predicted octanol–water partition coefficient (Wildman–Crippen LogP) is 10.2. The molecule has 4 N–H and O–H groups in total. The number of nitrogens with zero attached hydrogens (tertiary/aromatic N) is 2. The third-order valence-electron chi connectivity index (χ3n) is 8.00. The van der Waals surface area contributed by atoms with Crippen LogP contribution in [-0.4, -0.2) is 22.0 Å². The molecule has 0 aromatic heterocycles. The summed E-state index contributed by atoms with van der Waals surface area (Å²) in [5.74, 6) is -0.582. The van der Waals surface area contributed by atoms with Gasteiger partial charge in [-0.3, -0.25) is 9.59 Å². The van der Waals surface area contributed by atoms with Crippen molar-refractivity contribution >= 4 is 77.7 Å². The summed E-state index contributed by atoms with van der Waals surface area (Å²) in [5.41, 5.74) is 0.0436. The zero-order valence-electron chi connectivity index (χ0n) is 27.5. The highest BCUT2D eigenvalue weighted by Crippen LogP contribution is 2.45. The Hall–Kier alpha value is -5.90. The Morgan fingerprint density at radius 2 is 0.854 bits per heavy atom. The molecule has 10 heteroatoms. The molecule has 6 aromatic carbocycles. The maximum absolute atomic E-state index is 12.2. The zero-order chi connectivity index (χ0) is 35.0. The first-order valence-corrected chi connectivity index (χ1v) is 15.3. The average Bonchev–Trinajstić information content (AvgIpc) is 3.05. The number of phenolic OH excluding ortho intramolecular Hbond substituents is 2. The lowest BCUT2D eigenvalue weighted by atomic mass is 9.95. The van der Waals surface area contributed by atoms with Crippen LogP contribution in [0.15, 0.2) is 95.3 Å². The maximum Gasteiger partial charge on any atom is 0.229 e. The molecule has 6 aromatic rings. The molecule has 0 saturated heterocycles. The Bertz CT molecular complexity index is 2270. The second kappa shape index (κ2) is 12.7. The molecule has 0 unspecified atom stereocenters. The largest absolute Gasteiger partial charge is 0.505 e. The number of carbonyl (C=O) groups is 2. The molecule has 48 heavy (non-hydrogen) atoms. The summed E-state index contributed by atoms with van der Waals surface area (Å²) in [6.45, 7) is 10.9. The van der Waals surface area contributed by atoms with Crippen LogP contribution in [0.5, 0.6) is 11.5 Å². The minimum absolute atomic E-state index is 0.0115. The van der Waals surface area contributed by atoms with Crippen LogP contribution < -0.4 is 10.6 Å². The van der Waals surface area contributed by atoms with E-state index in [1.165, 1.54) is 0 Å². The lowest BCUT2D eigenvalue weighted by molar-refractivity contribution is -0.123. The Kier molecular flexibility index (Phi) is 8.86. The van der Waals surface area contributed by atoms with Crippen LogP contribution in [0, 0.1) is 20.6 Å². The van der Waals surface area contributed by atoms with E-state index in [0.29, 0.717) is 32.9 Å². The van der Waals surface area contributed by atoms with Crippen molar-refractivity contribution in [2.24, 2.45) is 21.2 Å². The molecule has 2 amide bonds. The van der Waals surface area contributed by atoms with Crippen LogP contribution in [0.25, 0.3) is 43.1 Å². The normalized spacial score (nSPS) is 11.6. The van der Waals surface area contributed by atoms with Gasteiger partial charge in [0, 0.05) is 43.7 Å². The number of phenols is 2. The van der Waals surface area contributed by atoms with Crippen LogP contribution in [0.1, 0.15) is 41.5 Å². The third kappa shape index (κ3) is 6.37. The SMILES string of the molecule is CC(C)(C)C(=O)Nc1ccc2c(c1)c(N=O)c(O)c1ccccc12.CC(C)(C)C(=O)Nc1ccc2c(c1)c(O)c(N=O)c1ccccc12. The summed E-state index contributed by atoms with van der Waals surface area (Å²) in [6.07, 6.45) is 0. The topological polar surface area (TPSA) is 158 Å². The fraction of sp³-hybridized carbons (Fsp3) is 0.211. The number of nitroso groups, excluding NO2 is 2. The summed E-state index contributed by atoms with van der Waals surface area (Å²) < 4.78 is 0. The number of rotatable bonds is 4. The van der Waals surface area contributed by atoms with Crippen molar-refractivity contribution in [3.05, 3.63) is 94.7 Å². The van der Waals surface area contributed by atoms with Crippen molar-refractivity contribution in [1.82, 2.24) is 0 Å². The van der Waals surface area contributed by atoms with E-state index in [9.17, 15) is 29.6 Å². The number of benzene rings is 6. The fourth-order valence-electron chi connectivity index (χ4n) is 5.29. The first kappa shape index (κ1) is 33.5. The third-order valence-corrected chi connectivity index (χ3v) is 8.00. The average molecular weight is 645 g/mol. The van der Waals surface area contributed by atoms with E-state index in [4.69, 9.17) is 0 Å². The van der Waals surface area contributed by atoms with Gasteiger partial charge in [0.1, 0.15) is 0 Å². The van der Waals surface area contributed by atoms with E-state index in [1.54, 1.807) is 48.5 Å². The number of amides is 2. The van der Waals surface area contributed by atoms with E-state index in [2.05, 4.69) is 21.0 Å². The zero-order valence-corrected chi connectivity index (χ0v) is 27.5. The van der Waals surface area contributed by atoms with Gasteiger partial charge in [0.05, 0.1) is 0 Å². The molecule has 0 aliphatic heterocycles. The lowest BCUT2D eigenvalue weighted by Crippen LogP contribution is -2.27. The number of anilines is 2. The van der Waals surface area contributed by atoms with Crippen molar-refractivity contribution in [3.8, 4) is 11.5 Å². The van der Waals surface area contributed by atoms with Gasteiger partial charge in [-0.25, -0.2) is 0 Å². The first-order chi connectivity index (χ1) is 22.6. The first-order valence-electron chi connectivity index (χ1n) is 15.3. The van der Waals surface area contributed by atoms with Crippen molar-refractivity contribution < 1.29 is 19.8 Å². The smallest absolute Gasteiger partial charge is 0.229 e. The van der Waals surface area contributed by atoms with Gasteiger partial charge in [-0.1, -0.05) is 102 Å². The Morgan fingerprint density at radius 3 is 1.33 bits per heavy atom. The molecule has 0 aliphatic rings. The molecule has 0 aliphatic carbocycles. The van der Waals surface area contributed by atoms with Gasteiger partial charge >= 0.3 is 0 Å². The molecule has 0 fully saturated rings.